The van der Waals surface area contributed by atoms with Crippen molar-refractivity contribution in [2.75, 3.05) is 37.7 Å². The molecule has 0 unspecified atom stereocenters. The largest absolute Gasteiger partial charge is 0.483 e. The summed E-state index contributed by atoms with van der Waals surface area (Å²) in [6, 6.07) is 14.5. The van der Waals surface area contributed by atoms with Gasteiger partial charge in [0.1, 0.15) is 5.75 Å². The second-order valence-electron chi connectivity index (χ2n) is 6.69. The highest BCUT2D eigenvalue weighted by Crippen LogP contribution is 2.22. The molecule has 0 aliphatic carbocycles. The molecule has 4 heteroatoms. The zero-order valence-electron chi connectivity index (χ0n) is 15.3. The van der Waals surface area contributed by atoms with Crippen LogP contribution in [0.4, 0.5) is 5.69 Å². The fourth-order valence-corrected chi connectivity index (χ4v) is 3.17. The summed E-state index contributed by atoms with van der Waals surface area (Å²) in [6.07, 6.45) is 0. The summed E-state index contributed by atoms with van der Waals surface area (Å²) in [5.74, 6) is 0.865. The summed E-state index contributed by atoms with van der Waals surface area (Å²) in [5.41, 5.74) is 4.72. The Morgan fingerprint density at radius 1 is 0.920 bits per heavy atom. The first-order chi connectivity index (χ1) is 12.0. The Hall–Kier alpha value is -2.49. The molecule has 0 saturated carbocycles. The second-order valence-corrected chi connectivity index (χ2v) is 6.69. The summed E-state index contributed by atoms with van der Waals surface area (Å²) in [5, 5.41) is 0. The molecule has 1 aliphatic rings. The lowest BCUT2D eigenvalue weighted by atomic mass is 10.1. The van der Waals surface area contributed by atoms with Gasteiger partial charge < -0.3 is 14.5 Å². The molecule has 132 valence electrons. The van der Waals surface area contributed by atoms with Crippen LogP contribution in [0.25, 0.3) is 0 Å². The molecule has 1 amide bonds. The Morgan fingerprint density at radius 3 is 2.24 bits per heavy atom. The lowest BCUT2D eigenvalue weighted by Gasteiger charge is -2.36. The molecule has 1 heterocycles. The molecule has 0 N–H and O–H groups in total. The van der Waals surface area contributed by atoms with E-state index in [1.54, 1.807) is 0 Å². The van der Waals surface area contributed by atoms with E-state index in [1.807, 2.05) is 36.1 Å². The van der Waals surface area contributed by atoms with E-state index < -0.39 is 0 Å². The molecule has 0 bridgehead atoms. The van der Waals surface area contributed by atoms with Gasteiger partial charge in [-0.3, -0.25) is 4.79 Å². The van der Waals surface area contributed by atoms with E-state index in [9.17, 15) is 4.79 Å². The number of nitrogens with zero attached hydrogens (tertiary/aromatic N) is 2. The van der Waals surface area contributed by atoms with Gasteiger partial charge in [-0.2, -0.15) is 0 Å². The van der Waals surface area contributed by atoms with E-state index >= 15 is 0 Å². The first-order valence-electron chi connectivity index (χ1n) is 8.83. The van der Waals surface area contributed by atoms with E-state index in [1.165, 1.54) is 16.8 Å². The Bertz CT molecular complexity index is 735. The highest BCUT2D eigenvalue weighted by molar-refractivity contribution is 5.78. The van der Waals surface area contributed by atoms with E-state index in [0.717, 1.165) is 37.5 Å². The first kappa shape index (κ1) is 17.3. The quantitative estimate of drug-likeness (QED) is 0.857. The molecule has 1 fully saturated rings. The van der Waals surface area contributed by atoms with Crippen molar-refractivity contribution >= 4 is 11.6 Å². The van der Waals surface area contributed by atoms with Gasteiger partial charge >= 0.3 is 0 Å². The fraction of sp³-hybridized carbons (Fsp3) is 0.381. The minimum Gasteiger partial charge on any atom is -0.483 e. The number of rotatable bonds is 4. The van der Waals surface area contributed by atoms with Gasteiger partial charge in [0.25, 0.3) is 5.91 Å². The summed E-state index contributed by atoms with van der Waals surface area (Å²) < 4.78 is 5.79. The van der Waals surface area contributed by atoms with Crippen LogP contribution in [0.3, 0.4) is 0 Å². The number of carbonyl (C=O) groups excluding carboxylic acids is 1. The van der Waals surface area contributed by atoms with E-state index in [-0.39, 0.29) is 12.5 Å². The number of benzene rings is 2. The predicted octanol–water partition coefficient (Wildman–Crippen LogP) is 3.34. The van der Waals surface area contributed by atoms with Crippen LogP contribution in [-0.4, -0.2) is 43.6 Å². The van der Waals surface area contributed by atoms with Crippen LogP contribution in [0.5, 0.6) is 5.75 Å². The molecule has 0 radical (unpaired) electrons. The lowest BCUT2D eigenvalue weighted by Crippen LogP contribution is -2.50. The van der Waals surface area contributed by atoms with E-state index in [4.69, 9.17) is 4.74 Å². The zero-order chi connectivity index (χ0) is 17.8. The third-order valence-electron chi connectivity index (χ3n) is 4.90. The maximum absolute atomic E-state index is 12.5. The molecule has 1 aliphatic heterocycles. The molecule has 0 spiro atoms. The van der Waals surface area contributed by atoms with Crippen molar-refractivity contribution in [3.05, 3.63) is 59.2 Å². The van der Waals surface area contributed by atoms with Crippen LogP contribution >= 0.6 is 0 Å². The Balaban J connectivity index is 1.52. The molecule has 3 rings (SSSR count). The van der Waals surface area contributed by atoms with Crippen LogP contribution in [0.1, 0.15) is 16.7 Å². The second kappa shape index (κ2) is 7.60. The van der Waals surface area contributed by atoms with Gasteiger partial charge in [0.2, 0.25) is 0 Å². The molecule has 1 saturated heterocycles. The van der Waals surface area contributed by atoms with Gasteiger partial charge in [-0.25, -0.2) is 0 Å². The summed E-state index contributed by atoms with van der Waals surface area (Å²) in [4.78, 5) is 16.7. The van der Waals surface area contributed by atoms with E-state index in [0.29, 0.717) is 0 Å². The van der Waals surface area contributed by atoms with Crippen molar-refractivity contribution in [1.29, 1.82) is 0 Å². The lowest BCUT2D eigenvalue weighted by molar-refractivity contribution is -0.133. The van der Waals surface area contributed by atoms with Gasteiger partial charge in [0, 0.05) is 31.9 Å². The van der Waals surface area contributed by atoms with Crippen LogP contribution in [0, 0.1) is 20.8 Å². The van der Waals surface area contributed by atoms with Crippen LogP contribution in [-0.2, 0) is 4.79 Å². The molecule has 0 atom stereocenters. The molecule has 25 heavy (non-hydrogen) atoms. The molecular formula is C21H26N2O2. The third kappa shape index (κ3) is 4.13. The van der Waals surface area contributed by atoms with Crippen LogP contribution < -0.4 is 9.64 Å². The van der Waals surface area contributed by atoms with Gasteiger partial charge in [-0.05, 0) is 55.7 Å². The average Bonchev–Trinajstić information content (AvgIpc) is 2.64. The Kier molecular flexibility index (Phi) is 5.27. The van der Waals surface area contributed by atoms with Gasteiger partial charge in [-0.15, -0.1) is 0 Å². The SMILES string of the molecule is Cc1cc(C)c(OCC(=O)N2CCN(c3ccccc3)CC2)cc1C. The molecule has 2 aromatic carbocycles. The minimum absolute atomic E-state index is 0.0605. The van der Waals surface area contributed by atoms with Crippen molar-refractivity contribution in [2.45, 2.75) is 20.8 Å². The average molecular weight is 338 g/mol. The van der Waals surface area contributed by atoms with Gasteiger partial charge in [-0.1, -0.05) is 24.3 Å². The Morgan fingerprint density at radius 2 is 1.56 bits per heavy atom. The zero-order valence-corrected chi connectivity index (χ0v) is 15.3. The number of amides is 1. The number of hydrogen-bond acceptors (Lipinski definition) is 3. The third-order valence-corrected chi connectivity index (χ3v) is 4.90. The number of anilines is 1. The standard InChI is InChI=1S/C21H26N2O2/c1-16-13-18(3)20(14-17(16)2)25-15-21(24)23-11-9-22(10-12-23)19-7-5-4-6-8-19/h4-8,13-14H,9-12,15H2,1-3H3. The number of ether oxygens (including phenoxy) is 1. The number of carbonyl (C=O) groups is 1. The Labute approximate surface area is 150 Å². The maximum atomic E-state index is 12.5. The molecule has 2 aromatic rings. The van der Waals surface area contributed by atoms with Crippen LogP contribution in [0.2, 0.25) is 0 Å². The topological polar surface area (TPSA) is 32.8 Å². The number of piperazine rings is 1. The predicted molar refractivity (Wildman–Crippen MR) is 101 cm³/mol. The monoisotopic (exact) mass is 338 g/mol. The first-order valence-corrected chi connectivity index (χ1v) is 8.83. The highest BCUT2D eigenvalue weighted by Gasteiger charge is 2.21. The molecule has 0 aromatic heterocycles. The molecule has 4 nitrogen and oxygen atoms in total. The number of para-hydroxylation sites is 1. The normalized spacial score (nSPS) is 14.5. The summed E-state index contributed by atoms with van der Waals surface area (Å²) in [7, 11) is 0. The van der Waals surface area contributed by atoms with Gasteiger partial charge in [0.15, 0.2) is 6.61 Å². The van der Waals surface area contributed by atoms with Gasteiger partial charge in [0.05, 0.1) is 0 Å². The van der Waals surface area contributed by atoms with Crippen molar-refractivity contribution in [3.63, 3.8) is 0 Å². The smallest absolute Gasteiger partial charge is 0.260 e. The number of hydrogen-bond donors (Lipinski definition) is 0. The van der Waals surface area contributed by atoms with Crippen molar-refractivity contribution in [1.82, 2.24) is 4.90 Å². The summed E-state index contributed by atoms with van der Waals surface area (Å²) >= 11 is 0. The van der Waals surface area contributed by atoms with Crippen molar-refractivity contribution in [3.8, 4) is 5.75 Å². The highest BCUT2D eigenvalue weighted by atomic mass is 16.5. The fourth-order valence-electron chi connectivity index (χ4n) is 3.17. The maximum Gasteiger partial charge on any atom is 0.260 e. The van der Waals surface area contributed by atoms with Crippen molar-refractivity contribution < 1.29 is 9.53 Å². The van der Waals surface area contributed by atoms with Crippen LogP contribution in [0.15, 0.2) is 42.5 Å². The van der Waals surface area contributed by atoms with Crippen molar-refractivity contribution in [2.24, 2.45) is 0 Å². The minimum atomic E-state index is 0.0605. The van der Waals surface area contributed by atoms with E-state index in [2.05, 4.69) is 36.9 Å². The number of aryl methyl sites for hydroxylation is 3. The molecular weight excluding hydrogens is 312 g/mol. The summed E-state index contributed by atoms with van der Waals surface area (Å²) in [6.45, 7) is 9.47.